The van der Waals surface area contributed by atoms with Crippen LogP contribution in [0.3, 0.4) is 0 Å². The number of nitrogens with zero attached hydrogens (tertiary/aromatic N) is 1. The summed E-state index contributed by atoms with van der Waals surface area (Å²) in [6.07, 6.45) is 3.05. The number of hydrogen-bond donors (Lipinski definition) is 1. The lowest BCUT2D eigenvalue weighted by molar-refractivity contribution is -0.145. The van der Waals surface area contributed by atoms with Gasteiger partial charge in [0.05, 0.1) is 13.2 Å². The normalized spacial score (nSPS) is 12.7. The Morgan fingerprint density at radius 1 is 1.00 bits per heavy atom. The summed E-state index contributed by atoms with van der Waals surface area (Å²) in [6, 6.07) is 10.4. The van der Waals surface area contributed by atoms with Crippen LogP contribution < -0.4 is 5.73 Å². The summed E-state index contributed by atoms with van der Waals surface area (Å²) < 4.78 is 19.5. The number of esters is 1. The largest absolute Gasteiger partial charge is 0.461 e. The number of unbranched alkanes of at least 4 members (excludes halogenated alkanes) is 2. The summed E-state index contributed by atoms with van der Waals surface area (Å²) >= 11 is 0. The molecule has 0 heterocycles. The minimum Gasteiger partial charge on any atom is -0.461 e. The molecule has 0 aromatic heterocycles. The van der Waals surface area contributed by atoms with Crippen molar-refractivity contribution in [1.82, 2.24) is 4.67 Å². The third-order valence-electron chi connectivity index (χ3n) is 4.04. The first-order chi connectivity index (χ1) is 13.5. The van der Waals surface area contributed by atoms with Crippen LogP contribution in [-0.4, -0.2) is 42.5 Å². The van der Waals surface area contributed by atoms with Crippen LogP contribution in [0.2, 0.25) is 0 Å². The van der Waals surface area contributed by atoms with Crippen molar-refractivity contribution in [2.24, 2.45) is 5.73 Å². The van der Waals surface area contributed by atoms with E-state index in [-0.39, 0.29) is 5.97 Å². The first kappa shape index (κ1) is 25.0. The van der Waals surface area contributed by atoms with Gasteiger partial charge in [0.25, 0.3) is 8.53 Å². The Hall–Kier alpha value is -1.04. The van der Waals surface area contributed by atoms with Gasteiger partial charge >= 0.3 is 5.97 Å². The van der Waals surface area contributed by atoms with E-state index in [2.05, 4.69) is 32.4 Å². The van der Waals surface area contributed by atoms with Gasteiger partial charge in [-0.2, -0.15) is 0 Å². The summed E-state index contributed by atoms with van der Waals surface area (Å²) in [5.74, 6) is -0.149. The van der Waals surface area contributed by atoms with Crippen LogP contribution in [0, 0.1) is 0 Å². The fourth-order valence-electron chi connectivity index (χ4n) is 2.78. The lowest BCUT2D eigenvalue weighted by Crippen LogP contribution is -2.34. The minimum atomic E-state index is -1.11. The number of ether oxygens (including phenoxy) is 1. The molecule has 1 rings (SSSR count). The molecule has 0 amide bonds. The summed E-state index contributed by atoms with van der Waals surface area (Å²) in [5, 5.41) is 0. The molecule has 0 saturated heterocycles. The standard InChI is InChI=1S/C21H37N2O4P/c1-18(2)23(19(3)4)28(27-16-14-22)26-15-10-6-9-13-21(24)25-17-20-11-7-5-8-12-20/h5,7-8,11-12,18-19H,6,9-10,13-17,22H2,1-4H3/t28-/m1/s1. The minimum absolute atomic E-state index is 0.149. The Morgan fingerprint density at radius 2 is 1.64 bits per heavy atom. The van der Waals surface area contributed by atoms with E-state index in [4.69, 9.17) is 19.5 Å². The van der Waals surface area contributed by atoms with Crippen molar-refractivity contribution in [2.45, 2.75) is 72.1 Å². The number of nitrogens with two attached hydrogens (primary N) is 1. The van der Waals surface area contributed by atoms with Gasteiger partial charge in [-0.05, 0) is 46.1 Å². The molecule has 1 aromatic carbocycles. The fourth-order valence-corrected chi connectivity index (χ4v) is 4.42. The van der Waals surface area contributed by atoms with Crippen LogP contribution in [0.4, 0.5) is 0 Å². The smallest absolute Gasteiger partial charge is 0.306 e. The van der Waals surface area contributed by atoms with E-state index >= 15 is 0 Å². The molecule has 0 radical (unpaired) electrons. The second-order valence-corrected chi connectivity index (χ2v) is 8.67. The number of carbonyl (C=O) groups excluding carboxylic acids is 1. The zero-order chi connectivity index (χ0) is 20.8. The molecule has 0 aliphatic carbocycles. The average Bonchev–Trinajstić information content (AvgIpc) is 2.67. The van der Waals surface area contributed by atoms with E-state index in [0.717, 1.165) is 24.8 Å². The highest BCUT2D eigenvalue weighted by atomic mass is 31.2. The number of benzene rings is 1. The van der Waals surface area contributed by atoms with Crippen LogP contribution in [0.5, 0.6) is 0 Å². The van der Waals surface area contributed by atoms with Crippen LogP contribution in [0.15, 0.2) is 30.3 Å². The van der Waals surface area contributed by atoms with Crippen molar-refractivity contribution in [3.8, 4) is 0 Å². The average molecular weight is 413 g/mol. The van der Waals surface area contributed by atoms with Crippen LogP contribution in [-0.2, 0) is 25.2 Å². The molecular formula is C21H37N2O4P. The van der Waals surface area contributed by atoms with E-state index in [9.17, 15) is 4.79 Å². The molecule has 0 bridgehead atoms. The molecule has 1 atom stereocenters. The predicted octanol–water partition coefficient (Wildman–Crippen LogP) is 4.63. The monoisotopic (exact) mass is 412 g/mol. The van der Waals surface area contributed by atoms with Crippen molar-refractivity contribution in [3.63, 3.8) is 0 Å². The van der Waals surface area contributed by atoms with E-state index in [0.29, 0.717) is 44.9 Å². The fraction of sp³-hybridized carbons (Fsp3) is 0.667. The van der Waals surface area contributed by atoms with Gasteiger partial charge in [0.2, 0.25) is 0 Å². The molecule has 0 aliphatic rings. The SMILES string of the molecule is CC(C)N(C(C)C)[P@@](OCCN)OCCCCCC(=O)OCc1ccccc1. The Balaban J connectivity index is 2.22. The topological polar surface area (TPSA) is 74.0 Å². The molecule has 0 aliphatic heterocycles. The molecule has 0 spiro atoms. The number of hydrogen-bond acceptors (Lipinski definition) is 6. The van der Waals surface area contributed by atoms with Crippen molar-refractivity contribution >= 4 is 14.5 Å². The Morgan fingerprint density at radius 3 is 2.25 bits per heavy atom. The van der Waals surface area contributed by atoms with Gasteiger partial charge in [-0.1, -0.05) is 36.8 Å². The van der Waals surface area contributed by atoms with Gasteiger partial charge in [-0.3, -0.25) is 4.79 Å². The van der Waals surface area contributed by atoms with Crippen molar-refractivity contribution in [2.75, 3.05) is 19.8 Å². The van der Waals surface area contributed by atoms with Gasteiger partial charge in [0.15, 0.2) is 0 Å². The summed E-state index contributed by atoms with van der Waals surface area (Å²) in [5.41, 5.74) is 6.59. The highest BCUT2D eigenvalue weighted by Gasteiger charge is 2.26. The maximum absolute atomic E-state index is 11.8. The van der Waals surface area contributed by atoms with E-state index < -0.39 is 8.53 Å². The number of rotatable bonds is 15. The highest BCUT2D eigenvalue weighted by Crippen LogP contribution is 2.45. The zero-order valence-electron chi connectivity index (χ0n) is 17.8. The van der Waals surface area contributed by atoms with E-state index in [1.54, 1.807) is 0 Å². The summed E-state index contributed by atoms with van der Waals surface area (Å²) in [4.78, 5) is 11.8. The predicted molar refractivity (Wildman–Crippen MR) is 115 cm³/mol. The second-order valence-electron chi connectivity index (χ2n) is 7.22. The van der Waals surface area contributed by atoms with E-state index in [1.807, 2.05) is 30.3 Å². The lowest BCUT2D eigenvalue weighted by atomic mass is 10.2. The van der Waals surface area contributed by atoms with Crippen LogP contribution in [0.25, 0.3) is 0 Å². The first-order valence-electron chi connectivity index (χ1n) is 10.2. The zero-order valence-corrected chi connectivity index (χ0v) is 18.7. The molecule has 2 N–H and O–H groups in total. The lowest BCUT2D eigenvalue weighted by Gasteiger charge is -2.35. The molecule has 6 nitrogen and oxygen atoms in total. The Labute approximate surface area is 171 Å². The van der Waals surface area contributed by atoms with Gasteiger partial charge in [-0.25, -0.2) is 4.67 Å². The molecule has 0 fully saturated rings. The van der Waals surface area contributed by atoms with Crippen LogP contribution >= 0.6 is 8.53 Å². The molecule has 0 saturated carbocycles. The third-order valence-corrected chi connectivity index (χ3v) is 6.14. The number of carbonyl (C=O) groups is 1. The maximum Gasteiger partial charge on any atom is 0.306 e. The van der Waals surface area contributed by atoms with Gasteiger partial charge in [0.1, 0.15) is 6.61 Å². The molecule has 160 valence electrons. The van der Waals surface area contributed by atoms with Gasteiger partial charge in [0, 0.05) is 25.0 Å². The first-order valence-corrected chi connectivity index (χ1v) is 11.3. The van der Waals surface area contributed by atoms with Crippen molar-refractivity contribution in [1.29, 1.82) is 0 Å². The Bertz CT molecular complexity index is 520. The second kappa shape index (κ2) is 14.9. The summed E-state index contributed by atoms with van der Waals surface area (Å²) in [7, 11) is -1.11. The summed E-state index contributed by atoms with van der Waals surface area (Å²) in [6.45, 7) is 10.5. The van der Waals surface area contributed by atoms with Gasteiger partial charge in [-0.15, -0.1) is 0 Å². The van der Waals surface area contributed by atoms with Gasteiger partial charge < -0.3 is 19.5 Å². The molecule has 7 heteroatoms. The van der Waals surface area contributed by atoms with Crippen molar-refractivity contribution < 1.29 is 18.6 Å². The van der Waals surface area contributed by atoms with Crippen molar-refractivity contribution in [3.05, 3.63) is 35.9 Å². The third kappa shape index (κ3) is 10.5. The molecule has 28 heavy (non-hydrogen) atoms. The molecular weight excluding hydrogens is 375 g/mol. The molecule has 0 unspecified atom stereocenters. The maximum atomic E-state index is 11.8. The molecule has 1 aromatic rings. The quantitative estimate of drug-likeness (QED) is 0.257. The van der Waals surface area contributed by atoms with E-state index in [1.165, 1.54) is 0 Å². The highest BCUT2D eigenvalue weighted by molar-refractivity contribution is 7.44. The van der Waals surface area contributed by atoms with Crippen LogP contribution in [0.1, 0.15) is 58.9 Å². The Kier molecular flexibility index (Phi) is 13.3.